The van der Waals surface area contributed by atoms with Crippen LogP contribution in [0.15, 0.2) is 36.4 Å². The lowest BCUT2D eigenvalue weighted by molar-refractivity contribution is 0.261. The molecule has 0 N–H and O–H groups in total. The molecule has 0 amide bonds. The van der Waals surface area contributed by atoms with Gasteiger partial charge in [-0.25, -0.2) is 0 Å². The highest BCUT2D eigenvalue weighted by Gasteiger charge is 2.23. The Kier molecular flexibility index (Phi) is 12.8. The first-order valence-corrected chi connectivity index (χ1v) is 11.9. The molecule has 1 unspecified atom stereocenters. The Morgan fingerprint density at radius 2 is 1.46 bits per heavy atom. The van der Waals surface area contributed by atoms with E-state index in [1.165, 1.54) is 89.0 Å². The minimum atomic E-state index is 0.314. The number of para-hydroxylation sites is 1. The van der Waals surface area contributed by atoms with Crippen LogP contribution < -0.4 is 4.74 Å². The molecule has 0 spiro atoms. The lowest BCUT2D eigenvalue weighted by Crippen LogP contribution is -2.05. The van der Waals surface area contributed by atoms with Gasteiger partial charge in [-0.1, -0.05) is 108 Å². The smallest absolute Gasteiger partial charge is 0.122 e. The van der Waals surface area contributed by atoms with E-state index in [2.05, 4.69) is 37.3 Å². The van der Waals surface area contributed by atoms with Crippen LogP contribution in [0, 0.1) is 0 Å². The number of unbranched alkanes of at least 4 members (excludes halogenated alkanes) is 12. The maximum Gasteiger partial charge on any atom is 0.122 e. The van der Waals surface area contributed by atoms with Gasteiger partial charge in [0.25, 0.3) is 0 Å². The third-order valence-corrected chi connectivity index (χ3v) is 5.53. The predicted octanol–water partition coefficient (Wildman–Crippen LogP) is 7.65. The van der Waals surface area contributed by atoms with Gasteiger partial charge in [-0.2, -0.15) is 0 Å². The minimum Gasteiger partial charge on any atom is -0.490 e. The van der Waals surface area contributed by atoms with Crippen LogP contribution in [0.25, 0.3) is 0 Å². The SMILES string of the molecule is CCCCCCCCCCCCCC/C=C/Cc1ccccc1OCC1CO1. The molecule has 0 saturated carbocycles. The zero-order chi connectivity index (χ0) is 19.7. The Bertz CT molecular complexity index is 519. The topological polar surface area (TPSA) is 21.8 Å². The fraction of sp³-hybridized carbons (Fsp3) is 0.692. The fourth-order valence-corrected chi connectivity index (χ4v) is 3.59. The number of hydrogen-bond acceptors (Lipinski definition) is 2. The molecule has 1 atom stereocenters. The molecule has 1 aliphatic heterocycles. The van der Waals surface area contributed by atoms with Crippen LogP contribution in [-0.4, -0.2) is 19.3 Å². The highest BCUT2D eigenvalue weighted by Crippen LogP contribution is 2.21. The monoisotopic (exact) mass is 386 g/mol. The normalized spacial score (nSPS) is 16.0. The van der Waals surface area contributed by atoms with Crippen LogP contribution in [0.2, 0.25) is 0 Å². The van der Waals surface area contributed by atoms with Gasteiger partial charge >= 0.3 is 0 Å². The van der Waals surface area contributed by atoms with Crippen LogP contribution >= 0.6 is 0 Å². The Labute approximate surface area is 173 Å². The molecule has 0 bridgehead atoms. The summed E-state index contributed by atoms with van der Waals surface area (Å²) >= 11 is 0. The van der Waals surface area contributed by atoms with E-state index in [-0.39, 0.29) is 0 Å². The fourth-order valence-electron chi connectivity index (χ4n) is 3.59. The number of allylic oxidation sites excluding steroid dienone is 2. The highest BCUT2D eigenvalue weighted by molar-refractivity contribution is 5.34. The Morgan fingerprint density at radius 1 is 0.857 bits per heavy atom. The summed E-state index contributed by atoms with van der Waals surface area (Å²) < 4.78 is 11.1. The van der Waals surface area contributed by atoms with Crippen LogP contribution in [0.3, 0.4) is 0 Å². The second kappa shape index (κ2) is 15.6. The molecule has 0 radical (unpaired) electrons. The van der Waals surface area contributed by atoms with E-state index < -0.39 is 0 Å². The second-order valence-electron chi connectivity index (χ2n) is 8.23. The molecule has 0 aromatic heterocycles. The molecule has 2 nitrogen and oxygen atoms in total. The van der Waals surface area contributed by atoms with Gasteiger partial charge < -0.3 is 9.47 Å². The Balaban J connectivity index is 1.41. The predicted molar refractivity (Wildman–Crippen MR) is 120 cm³/mol. The molecule has 1 heterocycles. The maximum atomic E-state index is 5.88. The summed E-state index contributed by atoms with van der Waals surface area (Å²) in [7, 11) is 0. The molecular weight excluding hydrogens is 344 g/mol. The summed E-state index contributed by atoms with van der Waals surface area (Å²) in [6.07, 6.45) is 24.1. The minimum absolute atomic E-state index is 0.314. The number of ether oxygens (including phenoxy) is 2. The quantitative estimate of drug-likeness (QED) is 0.147. The van der Waals surface area contributed by atoms with Gasteiger partial charge in [0.15, 0.2) is 0 Å². The number of epoxide rings is 1. The van der Waals surface area contributed by atoms with Gasteiger partial charge in [0.05, 0.1) is 6.61 Å². The Hall–Kier alpha value is -1.28. The van der Waals surface area contributed by atoms with Gasteiger partial charge in [0.2, 0.25) is 0 Å². The lowest BCUT2D eigenvalue weighted by atomic mass is 10.0. The molecule has 1 aromatic carbocycles. The van der Waals surface area contributed by atoms with Crippen molar-refractivity contribution in [2.24, 2.45) is 0 Å². The van der Waals surface area contributed by atoms with E-state index in [0.717, 1.165) is 18.8 Å². The van der Waals surface area contributed by atoms with Crippen LogP contribution in [0.4, 0.5) is 0 Å². The molecule has 2 heteroatoms. The van der Waals surface area contributed by atoms with Crippen molar-refractivity contribution in [2.45, 2.75) is 103 Å². The van der Waals surface area contributed by atoms with Crippen molar-refractivity contribution in [1.29, 1.82) is 0 Å². The van der Waals surface area contributed by atoms with Crippen LogP contribution in [-0.2, 0) is 11.2 Å². The van der Waals surface area contributed by atoms with E-state index in [0.29, 0.717) is 12.7 Å². The van der Waals surface area contributed by atoms with Crippen molar-refractivity contribution < 1.29 is 9.47 Å². The number of benzene rings is 1. The van der Waals surface area contributed by atoms with Crippen LogP contribution in [0.5, 0.6) is 5.75 Å². The Morgan fingerprint density at radius 3 is 2.11 bits per heavy atom. The average molecular weight is 387 g/mol. The molecule has 0 aliphatic carbocycles. The first kappa shape index (κ1) is 23.0. The molecule has 28 heavy (non-hydrogen) atoms. The molecular formula is C26H42O2. The molecule has 1 aromatic rings. The standard InChI is InChI=1S/C26H42O2/c1-2-3-4-5-6-7-8-9-10-11-12-13-14-15-16-19-24-20-17-18-21-26(24)28-23-25-22-27-25/h15-18,20-21,25H,2-14,19,22-23H2,1H3/b16-15+. The number of hydrogen-bond donors (Lipinski definition) is 0. The average Bonchev–Trinajstić information content (AvgIpc) is 3.54. The summed E-state index contributed by atoms with van der Waals surface area (Å²) in [5, 5.41) is 0. The van der Waals surface area contributed by atoms with E-state index in [9.17, 15) is 0 Å². The first-order chi connectivity index (χ1) is 13.9. The van der Waals surface area contributed by atoms with Crippen molar-refractivity contribution in [3.63, 3.8) is 0 Å². The van der Waals surface area contributed by atoms with E-state index in [1.54, 1.807) is 0 Å². The second-order valence-corrected chi connectivity index (χ2v) is 8.23. The molecule has 2 rings (SSSR count). The third kappa shape index (κ3) is 11.5. The van der Waals surface area contributed by atoms with Gasteiger partial charge in [-0.15, -0.1) is 0 Å². The van der Waals surface area contributed by atoms with Crippen molar-refractivity contribution in [1.82, 2.24) is 0 Å². The summed E-state index contributed by atoms with van der Waals surface area (Å²) in [6, 6.07) is 8.37. The van der Waals surface area contributed by atoms with Crippen molar-refractivity contribution >= 4 is 0 Å². The molecule has 1 fully saturated rings. The van der Waals surface area contributed by atoms with E-state index in [4.69, 9.17) is 9.47 Å². The summed E-state index contributed by atoms with van der Waals surface area (Å²) in [5.74, 6) is 1.01. The zero-order valence-corrected chi connectivity index (χ0v) is 18.2. The highest BCUT2D eigenvalue weighted by atomic mass is 16.6. The summed E-state index contributed by atoms with van der Waals surface area (Å²) in [6.45, 7) is 3.82. The van der Waals surface area contributed by atoms with E-state index >= 15 is 0 Å². The maximum absolute atomic E-state index is 5.88. The molecule has 158 valence electrons. The summed E-state index contributed by atoms with van der Waals surface area (Å²) in [5.41, 5.74) is 1.27. The largest absolute Gasteiger partial charge is 0.490 e. The molecule has 1 aliphatic rings. The van der Waals surface area contributed by atoms with Gasteiger partial charge in [-0.3, -0.25) is 0 Å². The van der Waals surface area contributed by atoms with Crippen molar-refractivity contribution in [2.75, 3.05) is 13.2 Å². The van der Waals surface area contributed by atoms with E-state index in [1.807, 2.05) is 6.07 Å². The van der Waals surface area contributed by atoms with Gasteiger partial charge in [0.1, 0.15) is 18.5 Å². The third-order valence-electron chi connectivity index (χ3n) is 5.53. The van der Waals surface area contributed by atoms with Crippen molar-refractivity contribution in [3.05, 3.63) is 42.0 Å². The van der Waals surface area contributed by atoms with Gasteiger partial charge in [0, 0.05) is 0 Å². The lowest BCUT2D eigenvalue weighted by Gasteiger charge is -2.08. The van der Waals surface area contributed by atoms with Crippen molar-refractivity contribution in [3.8, 4) is 5.75 Å². The summed E-state index contributed by atoms with van der Waals surface area (Å²) in [4.78, 5) is 0. The molecule has 1 saturated heterocycles. The van der Waals surface area contributed by atoms with Crippen LogP contribution in [0.1, 0.15) is 96.0 Å². The zero-order valence-electron chi connectivity index (χ0n) is 18.2. The number of rotatable bonds is 18. The van der Waals surface area contributed by atoms with Gasteiger partial charge in [-0.05, 0) is 30.9 Å². The first-order valence-electron chi connectivity index (χ1n) is 11.9.